The highest BCUT2D eigenvalue weighted by atomic mass is 16.5. The number of H-pyrrole nitrogens is 1. The Morgan fingerprint density at radius 3 is 2.86 bits per heavy atom. The Labute approximate surface area is 122 Å². The lowest BCUT2D eigenvalue weighted by Gasteiger charge is -2.22. The molecule has 1 amide bonds. The van der Waals surface area contributed by atoms with E-state index in [2.05, 4.69) is 4.98 Å². The van der Waals surface area contributed by atoms with E-state index in [1.807, 2.05) is 31.2 Å². The SMILES string of the molecule is C[C@@H]1Cc2ccccc2N1C(=O)COC(=O)c1ccc[nH]1. The number of aromatic nitrogens is 1. The third-order valence-corrected chi connectivity index (χ3v) is 3.62. The molecule has 0 bridgehead atoms. The van der Waals surface area contributed by atoms with Gasteiger partial charge in [-0.05, 0) is 37.1 Å². The number of benzene rings is 1. The normalized spacial score (nSPS) is 16.6. The lowest BCUT2D eigenvalue weighted by Crippen LogP contribution is -2.38. The second kappa shape index (κ2) is 5.44. The zero-order chi connectivity index (χ0) is 14.8. The van der Waals surface area contributed by atoms with Gasteiger partial charge in [0.2, 0.25) is 0 Å². The summed E-state index contributed by atoms with van der Waals surface area (Å²) in [7, 11) is 0. The summed E-state index contributed by atoms with van der Waals surface area (Å²) in [5.74, 6) is -0.721. The minimum Gasteiger partial charge on any atom is -0.451 e. The highest BCUT2D eigenvalue weighted by molar-refractivity contribution is 5.98. The molecule has 2 heterocycles. The number of esters is 1. The van der Waals surface area contributed by atoms with Gasteiger partial charge in [-0.3, -0.25) is 4.79 Å². The summed E-state index contributed by atoms with van der Waals surface area (Å²) in [6.07, 6.45) is 2.46. The molecule has 1 N–H and O–H groups in total. The molecule has 1 aliphatic rings. The second-order valence-electron chi connectivity index (χ2n) is 5.11. The Morgan fingerprint density at radius 2 is 2.10 bits per heavy atom. The maximum atomic E-state index is 12.3. The first-order valence-corrected chi connectivity index (χ1v) is 6.87. The molecule has 0 radical (unpaired) electrons. The molecule has 0 saturated heterocycles. The number of aromatic amines is 1. The summed E-state index contributed by atoms with van der Waals surface area (Å²) in [6.45, 7) is 1.74. The average molecular weight is 284 g/mol. The van der Waals surface area contributed by atoms with E-state index >= 15 is 0 Å². The highest BCUT2D eigenvalue weighted by Gasteiger charge is 2.30. The Bertz CT molecular complexity index is 664. The molecule has 0 fully saturated rings. The van der Waals surface area contributed by atoms with Gasteiger partial charge in [0.1, 0.15) is 5.69 Å². The molecule has 21 heavy (non-hydrogen) atoms. The van der Waals surface area contributed by atoms with Crippen molar-refractivity contribution in [3.05, 3.63) is 53.9 Å². The average Bonchev–Trinajstić information content (AvgIpc) is 3.10. The van der Waals surface area contributed by atoms with Crippen LogP contribution in [0.2, 0.25) is 0 Å². The zero-order valence-corrected chi connectivity index (χ0v) is 11.7. The van der Waals surface area contributed by atoms with Crippen LogP contribution in [0.3, 0.4) is 0 Å². The van der Waals surface area contributed by atoms with Crippen molar-refractivity contribution in [1.82, 2.24) is 4.98 Å². The number of nitrogens with zero attached hydrogens (tertiary/aromatic N) is 1. The summed E-state index contributed by atoms with van der Waals surface area (Å²) in [5, 5.41) is 0. The van der Waals surface area contributed by atoms with Crippen molar-refractivity contribution in [2.45, 2.75) is 19.4 Å². The van der Waals surface area contributed by atoms with E-state index in [9.17, 15) is 9.59 Å². The zero-order valence-electron chi connectivity index (χ0n) is 11.7. The third-order valence-electron chi connectivity index (χ3n) is 3.62. The first-order chi connectivity index (χ1) is 10.2. The molecule has 1 atom stereocenters. The van der Waals surface area contributed by atoms with Gasteiger partial charge in [-0.15, -0.1) is 0 Å². The van der Waals surface area contributed by atoms with Crippen LogP contribution in [-0.2, 0) is 16.0 Å². The second-order valence-corrected chi connectivity index (χ2v) is 5.11. The quantitative estimate of drug-likeness (QED) is 0.878. The van der Waals surface area contributed by atoms with E-state index in [4.69, 9.17) is 4.74 Å². The van der Waals surface area contributed by atoms with Crippen LogP contribution in [0.1, 0.15) is 23.0 Å². The van der Waals surface area contributed by atoms with Crippen LogP contribution in [0.25, 0.3) is 0 Å². The van der Waals surface area contributed by atoms with Gasteiger partial charge in [-0.1, -0.05) is 18.2 Å². The molecule has 1 aliphatic heterocycles. The van der Waals surface area contributed by atoms with E-state index in [0.717, 1.165) is 17.7 Å². The molecular weight excluding hydrogens is 268 g/mol. The number of hydrogen-bond acceptors (Lipinski definition) is 3. The number of hydrogen-bond donors (Lipinski definition) is 1. The summed E-state index contributed by atoms with van der Waals surface area (Å²) >= 11 is 0. The molecule has 5 heteroatoms. The fraction of sp³-hybridized carbons (Fsp3) is 0.250. The summed E-state index contributed by atoms with van der Waals surface area (Å²) in [6, 6.07) is 11.2. The van der Waals surface area contributed by atoms with Gasteiger partial charge in [0.15, 0.2) is 6.61 Å². The number of rotatable bonds is 3. The number of carbonyl (C=O) groups is 2. The predicted molar refractivity (Wildman–Crippen MR) is 78.2 cm³/mol. The van der Waals surface area contributed by atoms with Crippen LogP contribution in [0.15, 0.2) is 42.6 Å². The first kappa shape index (κ1) is 13.4. The minimum atomic E-state index is -0.520. The number of anilines is 1. The molecule has 0 spiro atoms. The summed E-state index contributed by atoms with van der Waals surface area (Å²) < 4.78 is 5.06. The molecule has 3 rings (SSSR count). The predicted octanol–water partition coefficient (Wildman–Crippen LogP) is 2.15. The number of nitrogens with one attached hydrogen (secondary N) is 1. The molecule has 1 aromatic carbocycles. The van der Waals surface area contributed by atoms with Crippen LogP contribution < -0.4 is 4.90 Å². The molecule has 108 valence electrons. The van der Waals surface area contributed by atoms with E-state index in [1.54, 1.807) is 23.2 Å². The maximum absolute atomic E-state index is 12.3. The monoisotopic (exact) mass is 284 g/mol. The lowest BCUT2D eigenvalue weighted by atomic mass is 10.1. The van der Waals surface area contributed by atoms with Crippen LogP contribution in [-0.4, -0.2) is 29.5 Å². The molecule has 2 aromatic rings. The molecular formula is C16H16N2O3. The van der Waals surface area contributed by atoms with Crippen LogP contribution in [0, 0.1) is 0 Å². The van der Waals surface area contributed by atoms with Crippen LogP contribution >= 0.6 is 0 Å². The fourth-order valence-electron chi connectivity index (χ4n) is 2.68. The highest BCUT2D eigenvalue weighted by Crippen LogP contribution is 2.31. The van der Waals surface area contributed by atoms with Crippen molar-refractivity contribution in [1.29, 1.82) is 0 Å². The van der Waals surface area contributed by atoms with E-state index < -0.39 is 5.97 Å². The van der Waals surface area contributed by atoms with Gasteiger partial charge in [-0.2, -0.15) is 0 Å². The Hall–Kier alpha value is -2.56. The van der Waals surface area contributed by atoms with Crippen molar-refractivity contribution in [3.63, 3.8) is 0 Å². The van der Waals surface area contributed by atoms with Crippen molar-refractivity contribution in [2.24, 2.45) is 0 Å². The number of ether oxygens (including phenoxy) is 1. The molecule has 0 saturated carbocycles. The Balaban J connectivity index is 1.67. The van der Waals surface area contributed by atoms with Gasteiger partial charge in [0.05, 0.1) is 0 Å². The molecule has 0 unspecified atom stereocenters. The smallest absolute Gasteiger partial charge is 0.355 e. The number of para-hydroxylation sites is 1. The number of amides is 1. The summed E-state index contributed by atoms with van der Waals surface area (Å²) in [5.41, 5.74) is 2.40. The van der Waals surface area contributed by atoms with Crippen LogP contribution in [0.4, 0.5) is 5.69 Å². The van der Waals surface area contributed by atoms with Crippen molar-refractivity contribution in [3.8, 4) is 0 Å². The van der Waals surface area contributed by atoms with E-state index in [-0.39, 0.29) is 18.6 Å². The van der Waals surface area contributed by atoms with Crippen molar-refractivity contribution in [2.75, 3.05) is 11.5 Å². The minimum absolute atomic E-state index is 0.0825. The Kier molecular flexibility index (Phi) is 3.48. The third kappa shape index (κ3) is 2.54. The molecule has 5 nitrogen and oxygen atoms in total. The molecule has 0 aliphatic carbocycles. The maximum Gasteiger partial charge on any atom is 0.355 e. The van der Waals surface area contributed by atoms with E-state index in [1.165, 1.54) is 0 Å². The lowest BCUT2D eigenvalue weighted by molar-refractivity contribution is -0.122. The number of fused-ring (bicyclic) bond motifs is 1. The van der Waals surface area contributed by atoms with Crippen molar-refractivity contribution >= 4 is 17.6 Å². The van der Waals surface area contributed by atoms with Gasteiger partial charge >= 0.3 is 5.97 Å². The Morgan fingerprint density at radius 1 is 1.29 bits per heavy atom. The largest absolute Gasteiger partial charge is 0.451 e. The van der Waals surface area contributed by atoms with Gasteiger partial charge < -0.3 is 14.6 Å². The van der Waals surface area contributed by atoms with Crippen molar-refractivity contribution < 1.29 is 14.3 Å². The topological polar surface area (TPSA) is 62.4 Å². The van der Waals surface area contributed by atoms with Gasteiger partial charge in [0.25, 0.3) is 5.91 Å². The van der Waals surface area contributed by atoms with Gasteiger partial charge in [-0.25, -0.2) is 4.79 Å². The first-order valence-electron chi connectivity index (χ1n) is 6.87. The molecule has 1 aromatic heterocycles. The van der Waals surface area contributed by atoms with Crippen LogP contribution in [0.5, 0.6) is 0 Å². The number of carbonyl (C=O) groups excluding carboxylic acids is 2. The van der Waals surface area contributed by atoms with E-state index in [0.29, 0.717) is 5.69 Å². The standard InChI is InChI=1S/C16H16N2O3/c1-11-9-12-5-2-3-7-14(12)18(11)15(19)10-21-16(20)13-6-4-8-17-13/h2-8,11,17H,9-10H2,1H3/t11-/m1/s1. The van der Waals surface area contributed by atoms with Gasteiger partial charge in [0, 0.05) is 17.9 Å². The fourth-order valence-corrected chi connectivity index (χ4v) is 2.68. The summed E-state index contributed by atoms with van der Waals surface area (Å²) in [4.78, 5) is 28.5.